The standard InChI is InChI=1S/C7H6Br2N4O/c1-4-10-7(12-14-4)3-13-6(9)2-5(8)11-13/h2H,3H2,1H3. The summed E-state index contributed by atoms with van der Waals surface area (Å²) in [4.78, 5) is 4.08. The summed E-state index contributed by atoms with van der Waals surface area (Å²) in [6.07, 6.45) is 0. The van der Waals surface area contributed by atoms with Gasteiger partial charge in [0.25, 0.3) is 0 Å². The number of aryl methyl sites for hydroxylation is 1. The smallest absolute Gasteiger partial charge is 0.223 e. The summed E-state index contributed by atoms with van der Waals surface area (Å²) in [7, 11) is 0. The number of rotatable bonds is 2. The molecule has 0 saturated heterocycles. The fourth-order valence-electron chi connectivity index (χ4n) is 1.02. The zero-order valence-electron chi connectivity index (χ0n) is 7.24. The van der Waals surface area contributed by atoms with Crippen molar-refractivity contribution >= 4 is 31.9 Å². The second kappa shape index (κ2) is 3.82. The number of halogens is 2. The average Bonchev–Trinajstić information content (AvgIpc) is 2.61. The van der Waals surface area contributed by atoms with E-state index in [1.807, 2.05) is 6.07 Å². The van der Waals surface area contributed by atoms with Crippen molar-refractivity contribution in [2.45, 2.75) is 13.5 Å². The molecule has 0 bridgehead atoms. The molecule has 0 aliphatic carbocycles. The molecule has 2 aromatic heterocycles. The van der Waals surface area contributed by atoms with Gasteiger partial charge < -0.3 is 4.52 Å². The van der Waals surface area contributed by atoms with E-state index in [4.69, 9.17) is 4.52 Å². The summed E-state index contributed by atoms with van der Waals surface area (Å²) in [6.45, 7) is 2.24. The Hall–Kier alpha value is -0.690. The second-order valence-corrected chi connectivity index (χ2v) is 4.30. The average molecular weight is 322 g/mol. The van der Waals surface area contributed by atoms with Gasteiger partial charge in [-0.3, -0.25) is 0 Å². The molecule has 0 aliphatic rings. The van der Waals surface area contributed by atoms with Crippen molar-refractivity contribution in [2.75, 3.05) is 0 Å². The third-order valence-corrected chi connectivity index (χ3v) is 2.59. The van der Waals surface area contributed by atoms with Gasteiger partial charge >= 0.3 is 0 Å². The SMILES string of the molecule is Cc1nc(Cn2nc(Br)cc2Br)no1. The lowest BCUT2D eigenvalue weighted by Crippen LogP contribution is -2.03. The first-order valence-corrected chi connectivity index (χ1v) is 5.42. The van der Waals surface area contributed by atoms with Crippen molar-refractivity contribution in [2.24, 2.45) is 0 Å². The van der Waals surface area contributed by atoms with E-state index >= 15 is 0 Å². The van der Waals surface area contributed by atoms with Gasteiger partial charge in [-0.25, -0.2) is 4.68 Å². The molecule has 0 unspecified atom stereocenters. The maximum absolute atomic E-state index is 4.85. The Balaban J connectivity index is 2.22. The maximum Gasteiger partial charge on any atom is 0.223 e. The summed E-state index contributed by atoms with van der Waals surface area (Å²) in [5.74, 6) is 1.17. The number of nitrogens with zero attached hydrogens (tertiary/aromatic N) is 4. The Kier molecular flexibility index (Phi) is 2.69. The molecule has 0 fully saturated rings. The minimum Gasteiger partial charge on any atom is -0.340 e. The summed E-state index contributed by atoms with van der Waals surface area (Å²) >= 11 is 6.64. The molecule has 7 heteroatoms. The highest BCUT2D eigenvalue weighted by atomic mass is 79.9. The van der Waals surface area contributed by atoms with Gasteiger partial charge in [-0.05, 0) is 31.9 Å². The van der Waals surface area contributed by atoms with Crippen LogP contribution in [-0.2, 0) is 6.54 Å². The maximum atomic E-state index is 4.85. The lowest BCUT2D eigenvalue weighted by molar-refractivity contribution is 0.385. The molecule has 0 amide bonds. The Morgan fingerprint density at radius 3 is 2.79 bits per heavy atom. The summed E-state index contributed by atoms with van der Waals surface area (Å²) < 4.78 is 8.22. The van der Waals surface area contributed by atoms with Gasteiger partial charge in [0.1, 0.15) is 15.8 Å². The predicted octanol–water partition coefficient (Wildman–Crippen LogP) is 2.15. The Labute approximate surface area is 96.7 Å². The van der Waals surface area contributed by atoms with Crippen LogP contribution in [0, 0.1) is 6.92 Å². The molecule has 0 radical (unpaired) electrons. The van der Waals surface area contributed by atoms with E-state index in [-0.39, 0.29) is 0 Å². The van der Waals surface area contributed by atoms with Gasteiger partial charge in [-0.15, -0.1) is 0 Å². The molecule has 0 saturated carbocycles. The van der Waals surface area contributed by atoms with Gasteiger partial charge in [0, 0.05) is 13.0 Å². The van der Waals surface area contributed by atoms with Crippen molar-refractivity contribution in [3.8, 4) is 0 Å². The number of hydrogen-bond donors (Lipinski definition) is 0. The van der Waals surface area contributed by atoms with Crippen LogP contribution in [0.25, 0.3) is 0 Å². The largest absolute Gasteiger partial charge is 0.340 e. The van der Waals surface area contributed by atoms with Crippen LogP contribution in [0.2, 0.25) is 0 Å². The van der Waals surface area contributed by atoms with Crippen molar-refractivity contribution in [1.82, 2.24) is 19.9 Å². The molecule has 0 aliphatic heterocycles. The molecule has 14 heavy (non-hydrogen) atoms. The Morgan fingerprint density at radius 2 is 2.29 bits per heavy atom. The lowest BCUT2D eigenvalue weighted by Gasteiger charge is -1.96. The van der Waals surface area contributed by atoms with Crippen molar-refractivity contribution in [3.05, 3.63) is 27.0 Å². The van der Waals surface area contributed by atoms with Gasteiger partial charge in [-0.2, -0.15) is 10.1 Å². The Morgan fingerprint density at radius 1 is 1.50 bits per heavy atom. The van der Waals surface area contributed by atoms with Gasteiger partial charge in [0.05, 0.1) is 0 Å². The van der Waals surface area contributed by atoms with Crippen LogP contribution in [0.1, 0.15) is 11.7 Å². The van der Waals surface area contributed by atoms with E-state index in [1.54, 1.807) is 11.6 Å². The zero-order valence-corrected chi connectivity index (χ0v) is 10.4. The van der Waals surface area contributed by atoms with Crippen LogP contribution in [0.15, 0.2) is 19.8 Å². The predicted molar refractivity (Wildman–Crippen MR) is 55.8 cm³/mol. The van der Waals surface area contributed by atoms with Gasteiger partial charge in [0.15, 0.2) is 5.82 Å². The van der Waals surface area contributed by atoms with Crippen molar-refractivity contribution in [1.29, 1.82) is 0 Å². The third kappa shape index (κ3) is 2.03. The Bertz CT molecular complexity index is 450. The quantitative estimate of drug-likeness (QED) is 0.850. The summed E-state index contributed by atoms with van der Waals surface area (Å²) in [5, 5.41) is 7.96. The minimum absolute atomic E-state index is 0.490. The van der Waals surface area contributed by atoms with Crippen LogP contribution in [-0.4, -0.2) is 19.9 Å². The van der Waals surface area contributed by atoms with E-state index in [1.165, 1.54) is 0 Å². The summed E-state index contributed by atoms with van der Waals surface area (Å²) in [5.41, 5.74) is 0. The van der Waals surface area contributed by atoms with Crippen LogP contribution in [0.5, 0.6) is 0 Å². The molecule has 0 N–H and O–H groups in total. The number of aromatic nitrogens is 4. The van der Waals surface area contributed by atoms with E-state index in [0.717, 1.165) is 9.21 Å². The molecular formula is C7H6Br2N4O. The van der Waals surface area contributed by atoms with E-state index < -0.39 is 0 Å². The van der Waals surface area contributed by atoms with Crippen LogP contribution < -0.4 is 0 Å². The van der Waals surface area contributed by atoms with Crippen molar-refractivity contribution < 1.29 is 4.52 Å². The monoisotopic (exact) mass is 320 g/mol. The topological polar surface area (TPSA) is 56.7 Å². The fraction of sp³-hybridized carbons (Fsp3) is 0.286. The first kappa shape index (κ1) is 9.85. The molecule has 5 nitrogen and oxygen atoms in total. The fourth-order valence-corrected chi connectivity index (χ4v) is 2.15. The highest BCUT2D eigenvalue weighted by molar-refractivity contribution is 9.11. The molecule has 2 heterocycles. The molecular weight excluding hydrogens is 316 g/mol. The molecule has 0 spiro atoms. The first-order valence-electron chi connectivity index (χ1n) is 3.83. The highest BCUT2D eigenvalue weighted by Crippen LogP contribution is 2.16. The highest BCUT2D eigenvalue weighted by Gasteiger charge is 2.07. The van der Waals surface area contributed by atoms with Gasteiger partial charge in [-0.1, -0.05) is 5.16 Å². The first-order chi connectivity index (χ1) is 6.65. The number of hydrogen-bond acceptors (Lipinski definition) is 4. The van der Waals surface area contributed by atoms with E-state index in [0.29, 0.717) is 18.3 Å². The lowest BCUT2D eigenvalue weighted by atomic mass is 10.6. The molecule has 0 atom stereocenters. The molecule has 2 aromatic rings. The van der Waals surface area contributed by atoms with Gasteiger partial charge in [0.2, 0.25) is 5.89 Å². The molecule has 2 rings (SSSR count). The zero-order chi connectivity index (χ0) is 10.1. The van der Waals surface area contributed by atoms with Crippen LogP contribution in [0.4, 0.5) is 0 Å². The van der Waals surface area contributed by atoms with Crippen LogP contribution >= 0.6 is 31.9 Å². The van der Waals surface area contributed by atoms with Crippen molar-refractivity contribution in [3.63, 3.8) is 0 Å². The molecule has 74 valence electrons. The second-order valence-electron chi connectivity index (χ2n) is 2.68. The molecule has 0 aromatic carbocycles. The normalized spacial score (nSPS) is 10.8. The van der Waals surface area contributed by atoms with E-state index in [9.17, 15) is 0 Å². The summed E-state index contributed by atoms with van der Waals surface area (Å²) in [6, 6.07) is 1.85. The minimum atomic E-state index is 0.490. The third-order valence-electron chi connectivity index (χ3n) is 1.56. The van der Waals surface area contributed by atoms with Crippen LogP contribution in [0.3, 0.4) is 0 Å². The van der Waals surface area contributed by atoms with E-state index in [2.05, 4.69) is 47.1 Å².